The van der Waals surface area contributed by atoms with Crippen molar-refractivity contribution >= 4 is 54.0 Å². The van der Waals surface area contributed by atoms with E-state index in [1.807, 2.05) is 34.1 Å². The van der Waals surface area contributed by atoms with Gasteiger partial charge in [-0.2, -0.15) is 25.3 Å². The van der Waals surface area contributed by atoms with Gasteiger partial charge in [-0.25, -0.2) is 0 Å². The zero-order valence-electron chi connectivity index (χ0n) is 18.4. The van der Waals surface area contributed by atoms with E-state index in [-0.39, 0.29) is 0 Å². The Morgan fingerprint density at radius 3 is 1.84 bits per heavy atom. The molecule has 0 bridgehead atoms. The van der Waals surface area contributed by atoms with Crippen LogP contribution >= 0.6 is 37.5 Å². The fraction of sp³-hybridized carbons (Fsp3) is 0.480. The summed E-state index contributed by atoms with van der Waals surface area (Å²) in [7, 11) is 0. The molecule has 1 saturated carbocycles. The molecule has 168 valence electrons. The number of thiol groups is 2. The summed E-state index contributed by atoms with van der Waals surface area (Å²) in [5, 5.41) is 0.736. The predicted octanol–water partition coefficient (Wildman–Crippen LogP) is 7.07. The monoisotopic (exact) mass is 474 g/mol. The van der Waals surface area contributed by atoms with Crippen molar-refractivity contribution in [2.75, 3.05) is 23.3 Å². The van der Waals surface area contributed by atoms with Crippen molar-refractivity contribution in [3.8, 4) is 0 Å². The molecule has 1 aliphatic carbocycles. The quantitative estimate of drug-likeness (QED) is 0.329. The van der Waals surface area contributed by atoms with Gasteiger partial charge in [0, 0.05) is 22.9 Å². The van der Waals surface area contributed by atoms with Gasteiger partial charge in [0.1, 0.15) is 13.5 Å². The van der Waals surface area contributed by atoms with Gasteiger partial charge in [-0.3, -0.25) is 9.80 Å². The number of hydrogen-bond acceptors (Lipinski definition) is 4. The van der Waals surface area contributed by atoms with Gasteiger partial charge < -0.3 is 4.74 Å². The van der Waals surface area contributed by atoms with Gasteiger partial charge >= 0.3 is 0 Å². The molecular formula is C25H34N2OS3. The first-order chi connectivity index (χ1) is 15.2. The molecule has 0 atom stereocenters. The zero-order valence-corrected chi connectivity index (χ0v) is 21.0. The van der Waals surface area contributed by atoms with Gasteiger partial charge in [0.05, 0.1) is 0 Å². The van der Waals surface area contributed by atoms with E-state index < -0.39 is 0 Å². The first kappa shape index (κ1) is 24.4. The highest BCUT2D eigenvalue weighted by molar-refractivity contribution is 7.81. The summed E-state index contributed by atoms with van der Waals surface area (Å²) in [5.74, 6) is 2.44. The average Bonchev–Trinajstić information content (AvgIpc) is 2.79. The van der Waals surface area contributed by atoms with Gasteiger partial charge in [-0.15, -0.1) is 0 Å². The first-order valence-electron chi connectivity index (χ1n) is 11.2. The average molecular weight is 475 g/mol. The highest BCUT2D eigenvalue weighted by Crippen LogP contribution is 2.31. The molecule has 2 fully saturated rings. The molecule has 1 saturated heterocycles. The minimum Gasteiger partial charge on any atom is -0.340 e. The summed E-state index contributed by atoms with van der Waals surface area (Å²) in [6.45, 7) is 3.17. The summed E-state index contributed by atoms with van der Waals surface area (Å²) in [5.41, 5.74) is 4.35. The highest BCUT2D eigenvalue weighted by atomic mass is 32.1. The molecule has 3 nitrogen and oxygen atoms in total. The molecule has 0 aromatic heterocycles. The van der Waals surface area contributed by atoms with E-state index in [2.05, 4.69) is 56.4 Å². The van der Waals surface area contributed by atoms with Crippen molar-refractivity contribution in [2.24, 2.45) is 5.92 Å². The van der Waals surface area contributed by atoms with Crippen LogP contribution < -0.4 is 9.80 Å². The second-order valence-corrected chi connectivity index (χ2v) is 9.11. The SMILES string of the molecule is CCCCC1CCC1.S=C1N(c2ccccc2CS)COCN1c1ccccc1CS. The fourth-order valence-corrected chi connectivity index (χ4v) is 4.75. The number of hydrogen-bond donors (Lipinski definition) is 2. The smallest absolute Gasteiger partial charge is 0.184 e. The molecule has 0 radical (unpaired) electrons. The Hall–Kier alpha value is -1.21. The molecule has 31 heavy (non-hydrogen) atoms. The van der Waals surface area contributed by atoms with Crippen LogP contribution in [0.3, 0.4) is 0 Å². The largest absolute Gasteiger partial charge is 0.340 e. The molecule has 6 heteroatoms. The third kappa shape index (κ3) is 6.41. The number of ether oxygens (including phenoxy) is 1. The Bertz CT molecular complexity index is 784. The number of benzene rings is 2. The summed E-state index contributed by atoms with van der Waals surface area (Å²) in [6.07, 6.45) is 8.92. The maximum absolute atomic E-state index is 5.79. The zero-order chi connectivity index (χ0) is 22.1. The maximum Gasteiger partial charge on any atom is 0.184 e. The topological polar surface area (TPSA) is 15.7 Å². The molecule has 1 heterocycles. The molecule has 0 amide bonds. The lowest BCUT2D eigenvalue weighted by molar-refractivity contribution is 0.138. The number of para-hydroxylation sites is 2. The van der Waals surface area contributed by atoms with Crippen molar-refractivity contribution in [2.45, 2.75) is 57.0 Å². The lowest BCUT2D eigenvalue weighted by atomic mass is 9.82. The lowest BCUT2D eigenvalue weighted by Gasteiger charge is -2.39. The molecule has 0 unspecified atom stereocenters. The van der Waals surface area contributed by atoms with Crippen LogP contribution in [0.15, 0.2) is 48.5 Å². The molecule has 4 rings (SSSR count). The van der Waals surface area contributed by atoms with Gasteiger partial charge in [-0.1, -0.05) is 81.8 Å². The van der Waals surface area contributed by atoms with Gasteiger partial charge in [0.15, 0.2) is 5.11 Å². The third-order valence-corrected chi connectivity index (χ3v) is 7.12. The van der Waals surface area contributed by atoms with E-state index in [0.717, 1.165) is 33.5 Å². The van der Waals surface area contributed by atoms with Gasteiger partial charge in [0.2, 0.25) is 0 Å². The second kappa shape index (κ2) is 12.7. The van der Waals surface area contributed by atoms with Crippen molar-refractivity contribution in [3.05, 3.63) is 59.7 Å². The summed E-state index contributed by atoms with van der Waals surface area (Å²) < 4.78 is 5.79. The van der Waals surface area contributed by atoms with Gasteiger partial charge in [-0.05, 0) is 41.4 Å². The Morgan fingerprint density at radius 1 is 0.903 bits per heavy atom. The van der Waals surface area contributed by atoms with Crippen LogP contribution in [-0.2, 0) is 16.2 Å². The molecule has 0 N–H and O–H groups in total. The first-order valence-corrected chi connectivity index (χ1v) is 12.9. The van der Waals surface area contributed by atoms with Crippen LogP contribution in [0.2, 0.25) is 0 Å². The highest BCUT2D eigenvalue weighted by Gasteiger charge is 2.27. The van der Waals surface area contributed by atoms with E-state index >= 15 is 0 Å². The van der Waals surface area contributed by atoms with Gasteiger partial charge in [0.25, 0.3) is 0 Å². The predicted molar refractivity (Wildman–Crippen MR) is 144 cm³/mol. The van der Waals surface area contributed by atoms with E-state index in [9.17, 15) is 0 Å². The van der Waals surface area contributed by atoms with Crippen LogP contribution in [0.25, 0.3) is 0 Å². The van der Waals surface area contributed by atoms with Crippen LogP contribution in [0, 0.1) is 5.92 Å². The van der Waals surface area contributed by atoms with Crippen molar-refractivity contribution < 1.29 is 4.74 Å². The molecule has 2 aromatic carbocycles. The van der Waals surface area contributed by atoms with Crippen LogP contribution in [0.5, 0.6) is 0 Å². The number of rotatable bonds is 7. The fourth-order valence-electron chi connectivity index (χ4n) is 3.91. The van der Waals surface area contributed by atoms with Crippen LogP contribution in [0.1, 0.15) is 56.6 Å². The third-order valence-electron chi connectivity index (χ3n) is 6.00. The normalized spacial score (nSPS) is 16.5. The summed E-state index contributed by atoms with van der Waals surface area (Å²) >= 11 is 14.6. The van der Waals surface area contributed by atoms with Crippen molar-refractivity contribution in [1.29, 1.82) is 0 Å². The van der Waals surface area contributed by atoms with Crippen LogP contribution in [0.4, 0.5) is 11.4 Å². The minimum atomic E-state index is 0.448. The summed E-state index contributed by atoms with van der Waals surface area (Å²) in [4.78, 5) is 4.03. The second-order valence-electron chi connectivity index (χ2n) is 8.11. The molecule has 1 aliphatic heterocycles. The van der Waals surface area contributed by atoms with Crippen molar-refractivity contribution in [3.63, 3.8) is 0 Å². The lowest BCUT2D eigenvalue weighted by Crippen LogP contribution is -2.51. The van der Waals surface area contributed by atoms with Crippen LogP contribution in [-0.4, -0.2) is 18.6 Å². The number of thiocarbonyl (C=S) groups is 1. The standard InChI is InChI=1S/C17H18N2OS3.C8H16/c21-9-13-5-1-3-7-15(13)18-11-20-12-19(17(18)23)16-8-4-2-6-14(16)10-22;1-2-3-5-8-6-4-7-8/h1-8,21-22H,9-12H2;8H,2-7H2,1H3. The maximum atomic E-state index is 5.79. The van der Waals surface area contributed by atoms with Crippen molar-refractivity contribution in [1.82, 2.24) is 0 Å². The molecule has 2 aliphatic rings. The number of unbranched alkanes of at least 4 members (excludes halogenated alkanes) is 1. The Balaban J connectivity index is 0.000000287. The molecule has 2 aromatic rings. The Labute approximate surface area is 204 Å². The van der Waals surface area contributed by atoms with E-state index in [1.54, 1.807) is 0 Å². The summed E-state index contributed by atoms with van der Waals surface area (Å²) in [6, 6.07) is 16.3. The molecular weight excluding hydrogens is 440 g/mol. The molecule has 0 spiro atoms. The minimum absolute atomic E-state index is 0.448. The Morgan fingerprint density at radius 2 is 1.42 bits per heavy atom. The van der Waals surface area contributed by atoms with E-state index in [1.165, 1.54) is 38.5 Å². The Kier molecular flexibility index (Phi) is 10.0. The van der Waals surface area contributed by atoms with E-state index in [4.69, 9.17) is 17.0 Å². The number of nitrogens with zero attached hydrogens (tertiary/aromatic N) is 2. The number of anilines is 2. The van der Waals surface area contributed by atoms with E-state index in [0.29, 0.717) is 25.0 Å².